The molecule has 5 nitrogen and oxygen atoms in total. The molecule has 0 radical (unpaired) electrons. The average Bonchev–Trinajstić information content (AvgIpc) is 2.27. The van der Waals surface area contributed by atoms with Gasteiger partial charge in [0.25, 0.3) is 5.56 Å². The Morgan fingerprint density at radius 1 is 1.44 bits per heavy atom. The van der Waals surface area contributed by atoms with Crippen LogP contribution in [0.1, 0.15) is 31.7 Å². The second kappa shape index (κ2) is 4.84. The van der Waals surface area contributed by atoms with Crippen LogP contribution in [0.2, 0.25) is 0 Å². The predicted octanol–water partition coefficient (Wildman–Crippen LogP) is 1.09. The van der Waals surface area contributed by atoms with E-state index in [0.29, 0.717) is 13.0 Å². The fourth-order valence-corrected chi connectivity index (χ4v) is 3.31. The van der Waals surface area contributed by atoms with Gasteiger partial charge in [-0.05, 0) is 25.5 Å². The summed E-state index contributed by atoms with van der Waals surface area (Å²) in [6, 6.07) is 0. The van der Waals surface area contributed by atoms with E-state index in [1.165, 1.54) is 4.57 Å². The topological polar surface area (TPSA) is 75.1 Å². The minimum absolute atomic E-state index is 0.0323. The van der Waals surface area contributed by atoms with Gasteiger partial charge in [0.2, 0.25) is 5.88 Å². The van der Waals surface area contributed by atoms with Crippen LogP contribution in [0.5, 0.6) is 5.88 Å². The van der Waals surface area contributed by atoms with Crippen LogP contribution in [-0.4, -0.2) is 25.7 Å². The summed E-state index contributed by atoms with van der Waals surface area (Å²) in [6.07, 6.45) is 5.67. The van der Waals surface area contributed by atoms with Crippen molar-refractivity contribution >= 4 is 11.8 Å². The normalized spacial score (nSPS) is 17.4. The summed E-state index contributed by atoms with van der Waals surface area (Å²) in [5.41, 5.74) is -0.719. The molecule has 0 aromatic carbocycles. The lowest BCUT2D eigenvalue weighted by molar-refractivity contribution is 0.292. The van der Waals surface area contributed by atoms with Crippen LogP contribution in [0.15, 0.2) is 9.59 Å². The number of thioether (sulfide) groups is 1. The zero-order valence-corrected chi connectivity index (χ0v) is 11.5. The molecule has 18 heavy (non-hydrogen) atoms. The molecular formula is C12H18N2O3S. The van der Waals surface area contributed by atoms with Gasteiger partial charge >= 0.3 is 5.69 Å². The lowest BCUT2D eigenvalue weighted by Gasteiger charge is -2.40. The number of hydrogen-bond acceptors (Lipinski definition) is 4. The predicted molar refractivity (Wildman–Crippen MR) is 72.5 cm³/mol. The number of aromatic hydroxyl groups is 1. The van der Waals surface area contributed by atoms with Crippen LogP contribution >= 0.6 is 11.8 Å². The molecule has 1 aromatic rings. The highest BCUT2D eigenvalue weighted by molar-refractivity contribution is 8.00. The van der Waals surface area contributed by atoms with Crippen LogP contribution < -0.4 is 11.2 Å². The van der Waals surface area contributed by atoms with Crippen molar-refractivity contribution in [1.29, 1.82) is 0 Å². The lowest BCUT2D eigenvalue weighted by atomic mass is 9.84. The van der Waals surface area contributed by atoms with Gasteiger partial charge in [0.05, 0.1) is 5.56 Å². The first kappa shape index (κ1) is 13.3. The van der Waals surface area contributed by atoms with Crippen molar-refractivity contribution in [2.45, 2.75) is 43.9 Å². The second-order valence-corrected chi connectivity index (χ2v) is 6.02. The molecule has 100 valence electrons. The lowest BCUT2D eigenvalue weighted by Crippen LogP contribution is -2.43. The van der Waals surface area contributed by atoms with E-state index in [9.17, 15) is 14.7 Å². The quantitative estimate of drug-likeness (QED) is 0.859. The average molecular weight is 270 g/mol. The second-order valence-electron chi connectivity index (χ2n) is 4.74. The third-order valence-corrected chi connectivity index (χ3v) is 5.17. The third kappa shape index (κ3) is 2.09. The van der Waals surface area contributed by atoms with Crippen molar-refractivity contribution in [1.82, 2.24) is 9.55 Å². The molecule has 1 aromatic heterocycles. The zero-order chi connectivity index (χ0) is 13.3. The van der Waals surface area contributed by atoms with Crippen molar-refractivity contribution in [2.75, 3.05) is 6.26 Å². The fraction of sp³-hybridized carbons (Fsp3) is 0.667. The van der Waals surface area contributed by atoms with E-state index < -0.39 is 11.2 Å². The number of nitrogens with one attached hydrogen (secondary N) is 1. The molecule has 0 amide bonds. The van der Waals surface area contributed by atoms with Gasteiger partial charge in [0.1, 0.15) is 0 Å². The number of nitrogens with zero attached hydrogens (tertiary/aromatic N) is 1. The molecule has 1 heterocycles. The standard InChI is InChI=1S/C12H18N2O3S/c1-3-8-9(15)13-11(17)14(10(8)16)7-12(18-2)5-4-6-12/h16H,3-7H2,1-2H3,(H,13,15,17). The van der Waals surface area contributed by atoms with Gasteiger partial charge in [0.15, 0.2) is 0 Å². The van der Waals surface area contributed by atoms with Gasteiger partial charge in [0, 0.05) is 11.3 Å². The Hall–Kier alpha value is -1.17. The van der Waals surface area contributed by atoms with Crippen LogP contribution in [0.4, 0.5) is 0 Å². The molecule has 2 rings (SSSR count). The van der Waals surface area contributed by atoms with Crippen molar-refractivity contribution in [3.05, 3.63) is 26.4 Å². The van der Waals surface area contributed by atoms with Gasteiger partial charge in [-0.3, -0.25) is 14.3 Å². The zero-order valence-electron chi connectivity index (χ0n) is 10.7. The molecule has 2 N–H and O–H groups in total. The van der Waals surface area contributed by atoms with E-state index in [-0.39, 0.29) is 16.2 Å². The number of aromatic nitrogens is 2. The Labute approximate surface area is 109 Å². The summed E-state index contributed by atoms with van der Waals surface area (Å²) in [6.45, 7) is 2.25. The van der Waals surface area contributed by atoms with E-state index in [1.54, 1.807) is 18.7 Å². The highest BCUT2D eigenvalue weighted by atomic mass is 32.2. The summed E-state index contributed by atoms with van der Waals surface area (Å²) in [7, 11) is 0. The first-order valence-corrected chi connectivity index (χ1v) is 7.35. The maximum atomic E-state index is 11.8. The monoisotopic (exact) mass is 270 g/mol. The van der Waals surface area contributed by atoms with Crippen molar-refractivity contribution in [2.24, 2.45) is 0 Å². The molecule has 1 saturated carbocycles. The van der Waals surface area contributed by atoms with Crippen molar-refractivity contribution < 1.29 is 5.11 Å². The molecule has 0 unspecified atom stereocenters. The summed E-state index contributed by atoms with van der Waals surface area (Å²) in [5.74, 6) is -0.174. The molecule has 0 spiro atoms. The number of aromatic amines is 1. The summed E-state index contributed by atoms with van der Waals surface area (Å²) >= 11 is 1.73. The SMILES string of the molecule is CCc1c(O)n(CC2(SC)CCC2)c(=O)[nH]c1=O. The van der Waals surface area contributed by atoms with Crippen LogP contribution in [0.25, 0.3) is 0 Å². The van der Waals surface area contributed by atoms with E-state index in [0.717, 1.165) is 19.3 Å². The van der Waals surface area contributed by atoms with E-state index in [2.05, 4.69) is 4.98 Å². The number of H-pyrrole nitrogens is 1. The molecule has 1 aliphatic carbocycles. The third-order valence-electron chi connectivity index (χ3n) is 3.76. The Morgan fingerprint density at radius 2 is 2.11 bits per heavy atom. The van der Waals surface area contributed by atoms with Crippen molar-refractivity contribution in [3.63, 3.8) is 0 Å². The first-order valence-electron chi connectivity index (χ1n) is 6.13. The maximum absolute atomic E-state index is 11.8. The first-order chi connectivity index (χ1) is 8.53. The van der Waals surface area contributed by atoms with E-state index >= 15 is 0 Å². The molecule has 0 aliphatic heterocycles. The van der Waals surface area contributed by atoms with E-state index in [4.69, 9.17) is 0 Å². The largest absolute Gasteiger partial charge is 0.494 e. The Balaban J connectivity index is 2.45. The summed E-state index contributed by atoms with van der Waals surface area (Å²) < 4.78 is 1.33. The van der Waals surface area contributed by atoms with Crippen LogP contribution in [-0.2, 0) is 13.0 Å². The van der Waals surface area contributed by atoms with Gasteiger partial charge in [-0.1, -0.05) is 13.3 Å². The minimum Gasteiger partial charge on any atom is -0.494 e. The van der Waals surface area contributed by atoms with Crippen LogP contribution in [0, 0.1) is 0 Å². The maximum Gasteiger partial charge on any atom is 0.331 e. The van der Waals surface area contributed by atoms with Gasteiger partial charge in [-0.15, -0.1) is 0 Å². The molecule has 6 heteroatoms. The molecule has 0 atom stereocenters. The highest BCUT2D eigenvalue weighted by Gasteiger charge is 2.37. The van der Waals surface area contributed by atoms with Crippen molar-refractivity contribution in [3.8, 4) is 5.88 Å². The smallest absolute Gasteiger partial charge is 0.331 e. The summed E-state index contributed by atoms with van der Waals surface area (Å²) in [5, 5.41) is 10.1. The molecule has 0 bridgehead atoms. The molecule has 0 saturated heterocycles. The van der Waals surface area contributed by atoms with Gasteiger partial charge in [-0.25, -0.2) is 4.79 Å². The Bertz CT molecular complexity index is 552. The summed E-state index contributed by atoms with van der Waals surface area (Å²) in [4.78, 5) is 25.6. The van der Waals surface area contributed by atoms with Gasteiger partial charge < -0.3 is 5.11 Å². The molecular weight excluding hydrogens is 252 g/mol. The van der Waals surface area contributed by atoms with Crippen LogP contribution in [0.3, 0.4) is 0 Å². The number of hydrogen-bond donors (Lipinski definition) is 2. The molecule has 1 aliphatic rings. The number of rotatable bonds is 4. The van der Waals surface area contributed by atoms with E-state index in [1.807, 2.05) is 6.26 Å². The van der Waals surface area contributed by atoms with Gasteiger partial charge in [-0.2, -0.15) is 11.8 Å². The molecule has 1 fully saturated rings. The fourth-order valence-electron chi connectivity index (χ4n) is 2.35. The Morgan fingerprint density at radius 3 is 2.56 bits per heavy atom. The highest BCUT2D eigenvalue weighted by Crippen LogP contribution is 2.44. The Kier molecular flexibility index (Phi) is 3.56. The minimum atomic E-state index is -0.518.